The summed E-state index contributed by atoms with van der Waals surface area (Å²) in [5.41, 5.74) is 0. The topological polar surface area (TPSA) is 122 Å². The number of nitrogens with one attached hydrogen (secondary N) is 1. The third-order valence-corrected chi connectivity index (χ3v) is 2.75. The van der Waals surface area contributed by atoms with Gasteiger partial charge in [0.05, 0.1) is 12.9 Å². The van der Waals surface area contributed by atoms with Crippen LogP contribution in [0.25, 0.3) is 0 Å². The van der Waals surface area contributed by atoms with Crippen LogP contribution in [0.4, 0.5) is 0 Å². The fourth-order valence-electron chi connectivity index (χ4n) is 1.46. The number of carbonyl (C=O) groups is 1. The smallest absolute Gasteiger partial charge is 0.264 e. The SMILES string of the molecule is CC(=O)N[C@@H]1[C@@H](O)[C@@H](COS(C)(=O)=O)O[C@H]1O. The largest absolute Gasteiger partial charge is 0.388 e. The summed E-state index contributed by atoms with van der Waals surface area (Å²) in [6.45, 7) is 0.799. The summed E-state index contributed by atoms with van der Waals surface area (Å²) >= 11 is 0. The maximum Gasteiger partial charge on any atom is 0.264 e. The predicted molar refractivity (Wildman–Crippen MR) is 55.3 cm³/mol. The number of hydrogen-bond donors (Lipinski definition) is 3. The van der Waals surface area contributed by atoms with Crippen LogP contribution in [0, 0.1) is 0 Å². The number of aliphatic hydroxyl groups is 2. The van der Waals surface area contributed by atoms with Gasteiger partial charge in [0.15, 0.2) is 6.29 Å². The summed E-state index contributed by atoms with van der Waals surface area (Å²) in [5.74, 6) is -0.443. The first-order valence-electron chi connectivity index (χ1n) is 4.84. The van der Waals surface area contributed by atoms with Crippen molar-refractivity contribution in [2.24, 2.45) is 0 Å². The fourth-order valence-corrected chi connectivity index (χ4v) is 1.85. The molecule has 9 heteroatoms. The summed E-state index contributed by atoms with van der Waals surface area (Å²) in [5, 5.41) is 21.4. The second-order valence-corrected chi connectivity index (χ2v) is 5.41. The number of ether oxygens (including phenoxy) is 1. The van der Waals surface area contributed by atoms with Crippen LogP contribution in [0.5, 0.6) is 0 Å². The molecule has 0 unspecified atom stereocenters. The average Bonchev–Trinajstić information content (AvgIpc) is 2.41. The summed E-state index contributed by atoms with van der Waals surface area (Å²) in [6, 6.07) is -0.999. The Morgan fingerprint density at radius 3 is 2.53 bits per heavy atom. The lowest BCUT2D eigenvalue weighted by Crippen LogP contribution is -2.47. The molecule has 8 nitrogen and oxygen atoms in total. The minimum absolute atomic E-state index is 0.423. The molecule has 1 aliphatic rings. The van der Waals surface area contributed by atoms with Gasteiger partial charge in [-0.1, -0.05) is 0 Å². The Morgan fingerprint density at radius 1 is 1.47 bits per heavy atom. The van der Waals surface area contributed by atoms with Gasteiger partial charge in [0.2, 0.25) is 5.91 Å². The minimum atomic E-state index is -3.65. The van der Waals surface area contributed by atoms with E-state index in [2.05, 4.69) is 9.50 Å². The maximum absolute atomic E-state index is 10.8. The van der Waals surface area contributed by atoms with E-state index in [1.54, 1.807) is 0 Å². The van der Waals surface area contributed by atoms with Crippen LogP contribution in [-0.4, -0.2) is 61.9 Å². The molecule has 1 aliphatic heterocycles. The molecular formula is C8H15NO7S. The minimum Gasteiger partial charge on any atom is -0.388 e. The molecule has 1 amide bonds. The Labute approximate surface area is 98.6 Å². The molecule has 1 heterocycles. The summed E-state index contributed by atoms with van der Waals surface area (Å²) in [7, 11) is -3.65. The van der Waals surface area contributed by atoms with Crippen LogP contribution in [0.1, 0.15) is 6.92 Å². The summed E-state index contributed by atoms with van der Waals surface area (Å²) < 4.78 is 30.8. The lowest BCUT2D eigenvalue weighted by molar-refractivity contribution is -0.126. The Morgan fingerprint density at radius 2 is 2.06 bits per heavy atom. The third-order valence-electron chi connectivity index (χ3n) is 2.19. The molecule has 0 radical (unpaired) electrons. The first kappa shape index (κ1) is 14.3. The number of amides is 1. The van der Waals surface area contributed by atoms with Crippen LogP contribution >= 0.6 is 0 Å². The number of aliphatic hydroxyl groups excluding tert-OH is 2. The molecule has 17 heavy (non-hydrogen) atoms. The van der Waals surface area contributed by atoms with Gasteiger partial charge in [0.1, 0.15) is 18.2 Å². The molecule has 0 spiro atoms. The van der Waals surface area contributed by atoms with Crippen molar-refractivity contribution < 1.29 is 32.3 Å². The lowest BCUT2D eigenvalue weighted by atomic mass is 10.1. The van der Waals surface area contributed by atoms with E-state index in [1.807, 2.05) is 0 Å². The molecule has 0 aliphatic carbocycles. The molecule has 0 aromatic heterocycles. The second-order valence-electron chi connectivity index (χ2n) is 3.77. The molecule has 1 rings (SSSR count). The van der Waals surface area contributed by atoms with Crippen molar-refractivity contribution in [2.45, 2.75) is 31.5 Å². The van der Waals surface area contributed by atoms with Gasteiger partial charge in [-0.15, -0.1) is 0 Å². The lowest BCUT2D eigenvalue weighted by Gasteiger charge is -2.17. The normalized spacial score (nSPS) is 33.6. The monoisotopic (exact) mass is 269 g/mol. The number of hydrogen-bond acceptors (Lipinski definition) is 7. The first-order valence-corrected chi connectivity index (χ1v) is 6.65. The van der Waals surface area contributed by atoms with Gasteiger partial charge in [-0.25, -0.2) is 0 Å². The molecule has 0 aromatic carbocycles. The highest BCUT2D eigenvalue weighted by atomic mass is 32.2. The van der Waals surface area contributed by atoms with Gasteiger partial charge >= 0.3 is 0 Å². The zero-order chi connectivity index (χ0) is 13.2. The van der Waals surface area contributed by atoms with Crippen molar-refractivity contribution in [3.8, 4) is 0 Å². The van der Waals surface area contributed by atoms with Gasteiger partial charge in [-0.2, -0.15) is 8.42 Å². The van der Waals surface area contributed by atoms with Gasteiger partial charge in [-0.05, 0) is 0 Å². The van der Waals surface area contributed by atoms with Gasteiger partial charge in [-0.3, -0.25) is 8.98 Å². The Bertz CT molecular complexity index is 381. The highest BCUT2D eigenvalue weighted by molar-refractivity contribution is 7.85. The van der Waals surface area contributed by atoms with E-state index in [1.165, 1.54) is 6.92 Å². The summed E-state index contributed by atoms with van der Waals surface area (Å²) in [4.78, 5) is 10.8. The number of carbonyl (C=O) groups excluding carboxylic acids is 1. The fraction of sp³-hybridized carbons (Fsp3) is 0.875. The van der Waals surface area contributed by atoms with E-state index >= 15 is 0 Å². The van der Waals surface area contributed by atoms with Crippen LogP contribution < -0.4 is 5.32 Å². The molecule has 4 atom stereocenters. The quantitative estimate of drug-likeness (QED) is 0.484. The van der Waals surface area contributed by atoms with Crippen molar-refractivity contribution in [2.75, 3.05) is 12.9 Å². The van der Waals surface area contributed by atoms with Crippen molar-refractivity contribution in [1.29, 1.82) is 0 Å². The molecule has 1 fully saturated rings. The third kappa shape index (κ3) is 4.21. The van der Waals surface area contributed by atoms with Gasteiger partial charge in [0.25, 0.3) is 10.1 Å². The van der Waals surface area contributed by atoms with Gasteiger partial charge in [0, 0.05) is 6.92 Å². The molecule has 1 saturated heterocycles. The van der Waals surface area contributed by atoms with Crippen LogP contribution in [-0.2, 0) is 23.8 Å². The van der Waals surface area contributed by atoms with E-state index in [9.17, 15) is 23.4 Å². The number of rotatable bonds is 4. The molecule has 0 saturated carbocycles. The standard InChI is InChI=1S/C8H15NO7S/c1-4(10)9-6-7(11)5(16-8(6)12)3-15-17(2,13)14/h5-8,11-12H,3H2,1-2H3,(H,9,10)/t5-,6-,7+,8-/m1/s1. The Balaban J connectivity index is 2.58. The van der Waals surface area contributed by atoms with E-state index in [4.69, 9.17) is 4.74 Å². The van der Waals surface area contributed by atoms with E-state index < -0.39 is 47.2 Å². The molecule has 0 aromatic rings. The van der Waals surface area contributed by atoms with Gasteiger partial charge < -0.3 is 20.3 Å². The van der Waals surface area contributed by atoms with E-state index in [-0.39, 0.29) is 0 Å². The van der Waals surface area contributed by atoms with E-state index in [0.29, 0.717) is 0 Å². The first-order chi connectivity index (χ1) is 7.70. The Hall–Kier alpha value is -0.740. The zero-order valence-electron chi connectivity index (χ0n) is 9.36. The zero-order valence-corrected chi connectivity index (χ0v) is 10.2. The van der Waals surface area contributed by atoms with Crippen molar-refractivity contribution in [3.63, 3.8) is 0 Å². The van der Waals surface area contributed by atoms with Crippen molar-refractivity contribution in [1.82, 2.24) is 5.32 Å². The molecule has 100 valence electrons. The van der Waals surface area contributed by atoms with Crippen LogP contribution in [0.15, 0.2) is 0 Å². The summed E-state index contributed by atoms with van der Waals surface area (Å²) in [6.07, 6.45) is -2.80. The van der Waals surface area contributed by atoms with Crippen molar-refractivity contribution >= 4 is 16.0 Å². The Kier molecular flexibility index (Phi) is 4.44. The molecular weight excluding hydrogens is 254 g/mol. The predicted octanol–water partition coefficient (Wildman–Crippen LogP) is -2.45. The second kappa shape index (κ2) is 5.27. The van der Waals surface area contributed by atoms with Crippen molar-refractivity contribution in [3.05, 3.63) is 0 Å². The van der Waals surface area contributed by atoms with Crippen LogP contribution in [0.3, 0.4) is 0 Å². The maximum atomic E-state index is 10.8. The highest BCUT2D eigenvalue weighted by Gasteiger charge is 2.43. The molecule has 0 bridgehead atoms. The average molecular weight is 269 g/mol. The van der Waals surface area contributed by atoms with E-state index in [0.717, 1.165) is 6.26 Å². The highest BCUT2D eigenvalue weighted by Crippen LogP contribution is 2.20. The molecule has 3 N–H and O–H groups in total. The van der Waals surface area contributed by atoms with Crippen LogP contribution in [0.2, 0.25) is 0 Å².